The summed E-state index contributed by atoms with van der Waals surface area (Å²) in [6.07, 6.45) is 3.16. The molecule has 166 valence electrons. The van der Waals surface area contributed by atoms with Crippen LogP contribution >= 0.6 is 0 Å². The quantitative estimate of drug-likeness (QED) is 0.535. The van der Waals surface area contributed by atoms with E-state index in [1.54, 1.807) is 19.1 Å². The van der Waals surface area contributed by atoms with Gasteiger partial charge in [0.05, 0.1) is 13.7 Å². The molecule has 0 fully saturated rings. The fourth-order valence-electron chi connectivity index (χ4n) is 4.68. The number of ketones is 1. The lowest BCUT2D eigenvalue weighted by atomic mass is 9.66. The van der Waals surface area contributed by atoms with E-state index in [0.717, 1.165) is 11.3 Å². The van der Waals surface area contributed by atoms with E-state index >= 15 is 0 Å². The number of carbonyl (C=O) groups excluding carboxylic acids is 2. The molecule has 6 heteroatoms. The molecule has 0 saturated carbocycles. The number of allylic oxidation sites excluding steroid dienone is 3. The number of phenolic OH excluding ortho intramolecular Hbond substituents is 1. The summed E-state index contributed by atoms with van der Waals surface area (Å²) in [6.45, 7) is 11.7. The number of hydrogen-bond donors (Lipinski definition) is 1. The lowest BCUT2D eigenvalue weighted by molar-refractivity contribution is -0.146. The van der Waals surface area contributed by atoms with Gasteiger partial charge in [-0.1, -0.05) is 26.0 Å². The topological polar surface area (TPSA) is 85.2 Å². The molecule has 1 aromatic rings. The Bertz CT molecular complexity index is 986. The minimum Gasteiger partial charge on any atom is -0.504 e. The van der Waals surface area contributed by atoms with Crippen molar-refractivity contribution in [2.45, 2.75) is 52.9 Å². The zero-order valence-corrected chi connectivity index (χ0v) is 18.9. The zero-order valence-electron chi connectivity index (χ0n) is 18.9. The van der Waals surface area contributed by atoms with Gasteiger partial charge >= 0.3 is 5.97 Å². The van der Waals surface area contributed by atoms with E-state index in [1.165, 1.54) is 7.11 Å². The number of nitrogens with zero attached hydrogens (tertiary/aromatic N) is 1. The van der Waals surface area contributed by atoms with Crippen molar-refractivity contribution in [1.82, 2.24) is 0 Å². The van der Waals surface area contributed by atoms with Crippen LogP contribution in [0.5, 0.6) is 11.5 Å². The fourth-order valence-corrected chi connectivity index (χ4v) is 4.68. The fraction of sp³-hybridized carbons (Fsp3) is 0.480. The molecule has 1 heterocycles. The summed E-state index contributed by atoms with van der Waals surface area (Å²) >= 11 is 0. The molecular weight excluding hydrogens is 394 g/mol. The van der Waals surface area contributed by atoms with E-state index in [1.807, 2.05) is 13.0 Å². The van der Waals surface area contributed by atoms with Crippen LogP contribution in [0.2, 0.25) is 0 Å². The summed E-state index contributed by atoms with van der Waals surface area (Å²) in [5.41, 5.74) is 3.09. The summed E-state index contributed by atoms with van der Waals surface area (Å²) < 4.78 is 10.8. The largest absolute Gasteiger partial charge is 0.504 e. The van der Waals surface area contributed by atoms with Gasteiger partial charge in [0.2, 0.25) is 0 Å². The van der Waals surface area contributed by atoms with Gasteiger partial charge in [-0.3, -0.25) is 14.6 Å². The normalized spacial score (nSPS) is 22.5. The Morgan fingerprint density at radius 1 is 1.35 bits per heavy atom. The molecule has 2 atom stereocenters. The Morgan fingerprint density at radius 3 is 2.68 bits per heavy atom. The molecule has 1 N–H and O–H groups in total. The minimum atomic E-state index is -0.713. The van der Waals surface area contributed by atoms with E-state index in [4.69, 9.17) is 14.5 Å². The lowest BCUT2D eigenvalue weighted by Gasteiger charge is -2.39. The van der Waals surface area contributed by atoms with Crippen molar-refractivity contribution in [3.8, 4) is 11.5 Å². The highest BCUT2D eigenvalue weighted by molar-refractivity contribution is 6.09. The van der Waals surface area contributed by atoms with Crippen molar-refractivity contribution in [3.63, 3.8) is 0 Å². The number of ether oxygens (including phenoxy) is 2. The molecule has 6 nitrogen and oxygen atoms in total. The smallest absolute Gasteiger partial charge is 0.315 e. The van der Waals surface area contributed by atoms with Crippen LogP contribution in [-0.4, -0.2) is 36.3 Å². The number of methoxy groups -OCH3 is 1. The molecule has 0 spiro atoms. The van der Waals surface area contributed by atoms with Crippen molar-refractivity contribution in [2.75, 3.05) is 13.7 Å². The number of aliphatic imine (C=N–C) groups is 1. The first-order valence-corrected chi connectivity index (χ1v) is 10.6. The first-order valence-electron chi connectivity index (χ1n) is 10.6. The van der Waals surface area contributed by atoms with Crippen LogP contribution in [0.25, 0.3) is 0 Å². The first-order chi connectivity index (χ1) is 14.6. The van der Waals surface area contributed by atoms with Gasteiger partial charge in [-0.25, -0.2) is 0 Å². The van der Waals surface area contributed by atoms with Crippen LogP contribution in [0, 0.1) is 11.3 Å². The molecule has 1 aliphatic heterocycles. The molecule has 1 aromatic carbocycles. The van der Waals surface area contributed by atoms with Gasteiger partial charge in [0, 0.05) is 34.9 Å². The summed E-state index contributed by atoms with van der Waals surface area (Å²) in [6, 6.07) is 3.53. The standard InChI is InChI=1S/C25H31NO5/c1-7-9-15-10-16(11-19(30-6)23(15)28)21-20(24(29)31-8-2)14(3)26-17-12-25(4,5)13-18(27)22(17)21/h7,10-11,20-21,28H,1,8-9,12-13H2,2-6H3/t20?,21-/m0/s1. The van der Waals surface area contributed by atoms with Crippen molar-refractivity contribution >= 4 is 17.5 Å². The van der Waals surface area contributed by atoms with Gasteiger partial charge in [0.25, 0.3) is 0 Å². The number of benzene rings is 1. The van der Waals surface area contributed by atoms with Crippen LogP contribution in [0.4, 0.5) is 0 Å². The van der Waals surface area contributed by atoms with Gasteiger partial charge in [-0.2, -0.15) is 0 Å². The molecule has 1 unspecified atom stereocenters. The van der Waals surface area contributed by atoms with Gasteiger partial charge in [-0.05, 0) is 43.7 Å². The second kappa shape index (κ2) is 8.69. The molecule has 0 bridgehead atoms. The van der Waals surface area contributed by atoms with Crippen molar-refractivity contribution < 1.29 is 24.2 Å². The number of rotatable bonds is 6. The molecule has 3 rings (SSSR count). The lowest BCUT2D eigenvalue weighted by Crippen LogP contribution is -2.39. The second-order valence-electron chi connectivity index (χ2n) is 8.99. The van der Waals surface area contributed by atoms with Crippen LogP contribution in [0.1, 0.15) is 57.6 Å². The summed E-state index contributed by atoms with van der Waals surface area (Å²) in [4.78, 5) is 31.0. The molecule has 0 radical (unpaired) electrons. The molecule has 31 heavy (non-hydrogen) atoms. The van der Waals surface area contributed by atoms with Crippen LogP contribution in [0.15, 0.2) is 41.1 Å². The summed E-state index contributed by atoms with van der Waals surface area (Å²) in [5, 5.41) is 10.5. The molecule has 1 aliphatic carbocycles. The number of esters is 1. The van der Waals surface area contributed by atoms with Crippen molar-refractivity contribution in [2.24, 2.45) is 16.3 Å². The second-order valence-corrected chi connectivity index (χ2v) is 8.99. The zero-order chi connectivity index (χ0) is 22.9. The maximum atomic E-state index is 13.3. The van der Waals surface area contributed by atoms with Gasteiger partial charge in [0.1, 0.15) is 5.92 Å². The van der Waals surface area contributed by atoms with E-state index in [2.05, 4.69) is 20.4 Å². The number of hydrogen-bond acceptors (Lipinski definition) is 6. The molecule has 2 aliphatic rings. The highest BCUT2D eigenvalue weighted by Gasteiger charge is 2.46. The molecule has 0 amide bonds. The van der Waals surface area contributed by atoms with E-state index in [-0.39, 0.29) is 23.6 Å². The third kappa shape index (κ3) is 4.29. The Hall–Kier alpha value is -2.89. The third-order valence-electron chi connectivity index (χ3n) is 5.96. The van der Waals surface area contributed by atoms with Crippen LogP contribution in [-0.2, 0) is 20.7 Å². The summed E-state index contributed by atoms with van der Waals surface area (Å²) in [5.74, 6) is -1.34. The average Bonchev–Trinajstić information content (AvgIpc) is 2.67. The van der Waals surface area contributed by atoms with Crippen molar-refractivity contribution in [3.05, 3.63) is 47.2 Å². The molecular formula is C25H31NO5. The van der Waals surface area contributed by atoms with Gasteiger partial charge < -0.3 is 14.6 Å². The first kappa shape index (κ1) is 22.8. The number of phenols is 1. The number of carbonyl (C=O) groups is 2. The highest BCUT2D eigenvalue weighted by atomic mass is 16.5. The average molecular weight is 426 g/mol. The number of Topliss-reactive ketones (excluding diaryl/α,β-unsaturated/α-hetero) is 1. The molecule has 0 aromatic heterocycles. The van der Waals surface area contributed by atoms with Crippen molar-refractivity contribution in [1.29, 1.82) is 0 Å². The van der Waals surface area contributed by atoms with Gasteiger partial charge in [-0.15, -0.1) is 6.58 Å². The SMILES string of the molecule is C=CCc1cc([C@@H]2C3=C(CC(C)(C)CC3=O)N=C(C)C2C(=O)OCC)cc(OC)c1O. The van der Waals surface area contributed by atoms with Gasteiger partial charge in [0.15, 0.2) is 17.3 Å². The Balaban J connectivity index is 2.26. The Kier molecular flexibility index (Phi) is 6.39. The monoisotopic (exact) mass is 425 g/mol. The highest BCUT2D eigenvalue weighted by Crippen LogP contribution is 2.49. The third-order valence-corrected chi connectivity index (χ3v) is 5.96. The maximum Gasteiger partial charge on any atom is 0.315 e. The Morgan fingerprint density at radius 2 is 2.06 bits per heavy atom. The minimum absolute atomic E-state index is 0.000823. The van der Waals surface area contributed by atoms with E-state index in [9.17, 15) is 14.7 Å². The van der Waals surface area contributed by atoms with E-state index in [0.29, 0.717) is 41.9 Å². The maximum absolute atomic E-state index is 13.3. The number of aromatic hydroxyl groups is 1. The van der Waals surface area contributed by atoms with Crippen LogP contribution < -0.4 is 4.74 Å². The molecule has 0 saturated heterocycles. The Labute approximate surface area is 183 Å². The summed E-state index contributed by atoms with van der Waals surface area (Å²) in [7, 11) is 1.48. The predicted molar refractivity (Wildman–Crippen MR) is 120 cm³/mol. The predicted octanol–water partition coefficient (Wildman–Crippen LogP) is 4.51. The van der Waals surface area contributed by atoms with Crippen LogP contribution in [0.3, 0.4) is 0 Å². The van der Waals surface area contributed by atoms with E-state index < -0.39 is 17.8 Å².